The third kappa shape index (κ3) is 6.24. The van der Waals surface area contributed by atoms with Crippen LogP contribution in [0.4, 0.5) is 10.5 Å². The summed E-state index contributed by atoms with van der Waals surface area (Å²) < 4.78 is 5.59. The van der Waals surface area contributed by atoms with Gasteiger partial charge < -0.3 is 19.9 Å². The molecule has 0 unspecified atom stereocenters. The standard InChI is InChI=1S/C20H26ClN3O2/c1-4-26-19-11-10-17(21)14-18(19)22-20(25)24(13-12-23(2)3)15-16-8-6-5-7-9-16/h5-11,14H,4,12-13,15H2,1-3H3,(H,22,25). The molecule has 0 aromatic heterocycles. The Hall–Kier alpha value is -2.24. The second-order valence-electron chi connectivity index (χ2n) is 6.21. The number of nitrogens with one attached hydrogen (secondary N) is 1. The lowest BCUT2D eigenvalue weighted by atomic mass is 10.2. The first-order valence-corrected chi connectivity index (χ1v) is 9.04. The number of halogens is 1. The lowest BCUT2D eigenvalue weighted by Crippen LogP contribution is -2.39. The minimum atomic E-state index is -0.182. The Morgan fingerprint density at radius 3 is 2.50 bits per heavy atom. The Morgan fingerprint density at radius 2 is 1.85 bits per heavy atom. The summed E-state index contributed by atoms with van der Waals surface area (Å²) in [5, 5.41) is 3.49. The van der Waals surface area contributed by atoms with Gasteiger partial charge in [0.25, 0.3) is 0 Å². The highest BCUT2D eigenvalue weighted by Gasteiger charge is 2.16. The van der Waals surface area contributed by atoms with E-state index in [9.17, 15) is 4.79 Å². The minimum Gasteiger partial charge on any atom is -0.492 e. The highest BCUT2D eigenvalue weighted by atomic mass is 35.5. The summed E-state index contributed by atoms with van der Waals surface area (Å²) in [7, 11) is 3.98. The third-order valence-corrected chi connectivity index (χ3v) is 4.04. The molecule has 0 spiro atoms. The van der Waals surface area contributed by atoms with Crippen molar-refractivity contribution in [2.45, 2.75) is 13.5 Å². The van der Waals surface area contributed by atoms with E-state index < -0.39 is 0 Å². The van der Waals surface area contributed by atoms with Gasteiger partial charge in [-0.3, -0.25) is 0 Å². The highest BCUT2D eigenvalue weighted by Crippen LogP contribution is 2.28. The van der Waals surface area contributed by atoms with Crippen molar-refractivity contribution in [3.63, 3.8) is 0 Å². The van der Waals surface area contributed by atoms with Gasteiger partial charge in [-0.15, -0.1) is 0 Å². The predicted molar refractivity (Wildman–Crippen MR) is 107 cm³/mol. The van der Waals surface area contributed by atoms with Gasteiger partial charge in [-0.25, -0.2) is 4.79 Å². The van der Waals surface area contributed by atoms with Gasteiger partial charge >= 0.3 is 6.03 Å². The van der Waals surface area contributed by atoms with E-state index in [-0.39, 0.29) is 6.03 Å². The number of amides is 2. The molecule has 0 fully saturated rings. The number of urea groups is 1. The average molecular weight is 376 g/mol. The number of likely N-dealkylation sites (N-methyl/N-ethyl adjacent to an activating group) is 1. The molecule has 6 heteroatoms. The molecule has 0 saturated heterocycles. The number of benzene rings is 2. The summed E-state index contributed by atoms with van der Waals surface area (Å²) in [6.45, 7) is 4.33. The summed E-state index contributed by atoms with van der Waals surface area (Å²) in [6.07, 6.45) is 0. The van der Waals surface area contributed by atoms with Gasteiger partial charge in [0, 0.05) is 24.7 Å². The van der Waals surface area contributed by atoms with Gasteiger partial charge in [-0.2, -0.15) is 0 Å². The Balaban J connectivity index is 2.16. The Bertz CT molecular complexity index is 707. The van der Waals surface area contributed by atoms with Crippen LogP contribution in [0.2, 0.25) is 5.02 Å². The molecule has 5 nitrogen and oxygen atoms in total. The molecule has 2 aromatic rings. The van der Waals surface area contributed by atoms with Gasteiger partial charge in [-0.1, -0.05) is 41.9 Å². The lowest BCUT2D eigenvalue weighted by molar-refractivity contribution is 0.202. The number of carbonyl (C=O) groups excluding carboxylic acids is 1. The first-order valence-electron chi connectivity index (χ1n) is 8.66. The van der Waals surface area contributed by atoms with Crippen LogP contribution >= 0.6 is 11.6 Å². The first kappa shape index (κ1) is 20.1. The lowest BCUT2D eigenvalue weighted by Gasteiger charge is -2.25. The van der Waals surface area contributed by atoms with Crippen molar-refractivity contribution in [2.24, 2.45) is 0 Å². The van der Waals surface area contributed by atoms with Crippen LogP contribution in [0.15, 0.2) is 48.5 Å². The monoisotopic (exact) mass is 375 g/mol. The molecular weight excluding hydrogens is 350 g/mol. The zero-order valence-corrected chi connectivity index (χ0v) is 16.3. The summed E-state index contributed by atoms with van der Waals surface area (Å²) in [5.41, 5.74) is 1.66. The van der Waals surface area contributed by atoms with E-state index in [2.05, 4.69) is 10.2 Å². The van der Waals surface area contributed by atoms with Gasteiger partial charge in [0.2, 0.25) is 0 Å². The normalized spacial score (nSPS) is 10.7. The van der Waals surface area contributed by atoms with Crippen molar-refractivity contribution >= 4 is 23.3 Å². The number of hydrogen-bond donors (Lipinski definition) is 1. The molecule has 0 bridgehead atoms. The van der Waals surface area contributed by atoms with Crippen LogP contribution < -0.4 is 10.1 Å². The van der Waals surface area contributed by atoms with Crippen LogP contribution in [0.25, 0.3) is 0 Å². The molecule has 0 radical (unpaired) electrons. The number of carbonyl (C=O) groups is 1. The number of rotatable bonds is 8. The van der Waals surface area contributed by atoms with Crippen LogP contribution in [-0.4, -0.2) is 49.6 Å². The quantitative estimate of drug-likeness (QED) is 0.746. The molecular formula is C20H26ClN3O2. The van der Waals surface area contributed by atoms with Crippen molar-refractivity contribution in [1.29, 1.82) is 0 Å². The van der Waals surface area contributed by atoms with Crippen molar-refractivity contribution in [3.8, 4) is 5.75 Å². The fraction of sp³-hybridized carbons (Fsp3) is 0.350. The molecule has 2 rings (SSSR count). The van der Waals surface area contributed by atoms with Gasteiger partial charge in [0.05, 0.1) is 12.3 Å². The Morgan fingerprint density at radius 1 is 1.12 bits per heavy atom. The van der Waals surface area contributed by atoms with Crippen LogP contribution in [0.3, 0.4) is 0 Å². The number of anilines is 1. The van der Waals surface area contributed by atoms with E-state index >= 15 is 0 Å². The van der Waals surface area contributed by atoms with E-state index in [1.54, 1.807) is 23.1 Å². The summed E-state index contributed by atoms with van der Waals surface area (Å²) in [6, 6.07) is 15.0. The number of nitrogens with zero attached hydrogens (tertiary/aromatic N) is 2. The molecule has 0 atom stereocenters. The SMILES string of the molecule is CCOc1ccc(Cl)cc1NC(=O)N(CCN(C)C)Cc1ccccc1. The molecule has 26 heavy (non-hydrogen) atoms. The maximum absolute atomic E-state index is 12.9. The second-order valence-corrected chi connectivity index (χ2v) is 6.65. The van der Waals surface area contributed by atoms with E-state index in [0.29, 0.717) is 36.2 Å². The molecule has 1 N–H and O–H groups in total. The van der Waals surface area contributed by atoms with E-state index in [4.69, 9.17) is 16.3 Å². The van der Waals surface area contributed by atoms with Gasteiger partial charge in [0.15, 0.2) is 0 Å². The average Bonchev–Trinajstić information content (AvgIpc) is 2.61. The molecule has 2 aromatic carbocycles. The topological polar surface area (TPSA) is 44.8 Å². The number of hydrogen-bond acceptors (Lipinski definition) is 3. The first-order chi connectivity index (χ1) is 12.5. The summed E-state index contributed by atoms with van der Waals surface area (Å²) in [4.78, 5) is 16.7. The third-order valence-electron chi connectivity index (χ3n) is 3.80. The molecule has 140 valence electrons. The largest absolute Gasteiger partial charge is 0.492 e. The fourth-order valence-corrected chi connectivity index (χ4v) is 2.62. The van der Waals surface area contributed by atoms with E-state index in [1.807, 2.05) is 51.4 Å². The highest BCUT2D eigenvalue weighted by molar-refractivity contribution is 6.31. The van der Waals surface area contributed by atoms with Gasteiger partial charge in [-0.05, 0) is 44.8 Å². The van der Waals surface area contributed by atoms with Crippen molar-refractivity contribution < 1.29 is 9.53 Å². The molecule has 0 aliphatic rings. The van der Waals surface area contributed by atoms with Crippen LogP contribution in [0, 0.1) is 0 Å². The Labute approximate surface area is 160 Å². The molecule has 0 aliphatic carbocycles. The minimum absolute atomic E-state index is 0.182. The summed E-state index contributed by atoms with van der Waals surface area (Å²) in [5.74, 6) is 0.609. The molecule has 0 aliphatic heterocycles. The second kappa shape index (κ2) is 10.0. The molecule has 0 heterocycles. The Kier molecular flexibility index (Phi) is 7.75. The zero-order chi connectivity index (χ0) is 18.9. The van der Waals surface area contributed by atoms with Crippen molar-refractivity contribution in [2.75, 3.05) is 39.1 Å². The van der Waals surface area contributed by atoms with E-state index in [0.717, 1.165) is 12.1 Å². The summed E-state index contributed by atoms with van der Waals surface area (Å²) >= 11 is 6.09. The zero-order valence-electron chi connectivity index (χ0n) is 15.5. The van der Waals surface area contributed by atoms with E-state index in [1.165, 1.54) is 0 Å². The van der Waals surface area contributed by atoms with Crippen LogP contribution in [0.5, 0.6) is 5.75 Å². The van der Waals surface area contributed by atoms with Crippen molar-refractivity contribution in [3.05, 3.63) is 59.1 Å². The predicted octanol–water partition coefficient (Wildman–Crippen LogP) is 4.33. The fourth-order valence-electron chi connectivity index (χ4n) is 2.45. The van der Waals surface area contributed by atoms with Crippen LogP contribution in [0.1, 0.15) is 12.5 Å². The molecule has 2 amide bonds. The smallest absolute Gasteiger partial charge is 0.322 e. The molecule has 0 saturated carbocycles. The maximum Gasteiger partial charge on any atom is 0.322 e. The maximum atomic E-state index is 12.9. The van der Waals surface area contributed by atoms with Crippen molar-refractivity contribution in [1.82, 2.24) is 9.80 Å². The van der Waals surface area contributed by atoms with Crippen LogP contribution in [-0.2, 0) is 6.54 Å². The van der Waals surface area contributed by atoms with Gasteiger partial charge in [0.1, 0.15) is 5.75 Å². The number of ether oxygens (including phenoxy) is 1.